The molecule has 150 valence electrons. The standard InChI is InChI=1S/C21H25F2N3O2/c1-15-3-6-17(7-4-15)13-28-20(27)26-10-9-18(21(22,23)14-26)12-25-19-8-5-16(2)11-24-19/h3-8,11,18H,9-10,12-14H2,1-2H3,(H,24,25). The van der Waals surface area contributed by atoms with Crippen molar-refractivity contribution in [3.63, 3.8) is 0 Å². The molecular formula is C21H25F2N3O2. The molecule has 0 aliphatic carbocycles. The smallest absolute Gasteiger partial charge is 0.410 e. The fourth-order valence-electron chi connectivity index (χ4n) is 3.11. The maximum Gasteiger partial charge on any atom is 0.410 e. The lowest BCUT2D eigenvalue weighted by Gasteiger charge is -2.37. The Morgan fingerprint density at radius 3 is 2.57 bits per heavy atom. The third kappa shape index (κ3) is 5.18. The van der Waals surface area contributed by atoms with Gasteiger partial charge in [0.25, 0.3) is 5.92 Å². The van der Waals surface area contributed by atoms with Crippen LogP contribution in [0.15, 0.2) is 42.6 Å². The predicted octanol–water partition coefficient (Wildman–Crippen LogP) is 4.40. The van der Waals surface area contributed by atoms with Crippen LogP contribution in [-0.2, 0) is 11.3 Å². The first-order valence-corrected chi connectivity index (χ1v) is 9.35. The van der Waals surface area contributed by atoms with E-state index in [0.29, 0.717) is 5.82 Å². The molecule has 1 N–H and O–H groups in total. The van der Waals surface area contributed by atoms with E-state index in [1.54, 1.807) is 12.3 Å². The number of carbonyl (C=O) groups excluding carboxylic acids is 1. The zero-order valence-corrected chi connectivity index (χ0v) is 16.1. The maximum absolute atomic E-state index is 14.5. The van der Waals surface area contributed by atoms with Crippen LogP contribution in [0.3, 0.4) is 0 Å². The predicted molar refractivity (Wildman–Crippen MR) is 103 cm³/mol. The minimum atomic E-state index is -2.99. The van der Waals surface area contributed by atoms with E-state index in [4.69, 9.17) is 4.74 Å². The molecule has 0 radical (unpaired) electrons. The van der Waals surface area contributed by atoms with Gasteiger partial charge in [-0.05, 0) is 37.5 Å². The normalized spacial score (nSPS) is 18.6. The number of piperidine rings is 1. The molecule has 5 nitrogen and oxygen atoms in total. The van der Waals surface area contributed by atoms with Gasteiger partial charge in [0, 0.05) is 25.2 Å². The van der Waals surface area contributed by atoms with Crippen molar-refractivity contribution in [3.05, 3.63) is 59.3 Å². The Bertz CT molecular complexity index is 794. The zero-order chi connectivity index (χ0) is 20.1. The highest BCUT2D eigenvalue weighted by Crippen LogP contribution is 2.33. The third-order valence-corrected chi connectivity index (χ3v) is 4.93. The summed E-state index contributed by atoms with van der Waals surface area (Å²) in [4.78, 5) is 17.5. The van der Waals surface area contributed by atoms with Crippen molar-refractivity contribution in [1.29, 1.82) is 0 Å². The van der Waals surface area contributed by atoms with Gasteiger partial charge in [-0.1, -0.05) is 35.9 Å². The molecule has 1 atom stereocenters. The molecule has 2 aromatic rings. The van der Waals surface area contributed by atoms with Gasteiger partial charge < -0.3 is 15.0 Å². The summed E-state index contributed by atoms with van der Waals surface area (Å²) in [5.74, 6) is -3.28. The third-order valence-electron chi connectivity index (χ3n) is 4.93. The maximum atomic E-state index is 14.5. The van der Waals surface area contributed by atoms with E-state index in [-0.39, 0.29) is 26.1 Å². The van der Waals surface area contributed by atoms with Crippen molar-refractivity contribution in [2.75, 3.05) is 25.0 Å². The van der Waals surface area contributed by atoms with E-state index >= 15 is 0 Å². The number of benzene rings is 1. The van der Waals surface area contributed by atoms with E-state index < -0.39 is 24.5 Å². The van der Waals surface area contributed by atoms with Crippen molar-refractivity contribution in [2.24, 2.45) is 5.92 Å². The Hall–Kier alpha value is -2.70. The molecule has 1 aliphatic heterocycles. The summed E-state index contributed by atoms with van der Waals surface area (Å²) in [5.41, 5.74) is 2.94. The van der Waals surface area contributed by atoms with Gasteiger partial charge in [0.15, 0.2) is 0 Å². The second kappa shape index (κ2) is 8.54. The van der Waals surface area contributed by atoms with E-state index in [1.165, 1.54) is 0 Å². The van der Waals surface area contributed by atoms with Crippen LogP contribution in [0.2, 0.25) is 0 Å². The van der Waals surface area contributed by atoms with Gasteiger partial charge in [-0.15, -0.1) is 0 Å². The number of likely N-dealkylation sites (tertiary alicyclic amines) is 1. The number of hydrogen-bond donors (Lipinski definition) is 1. The Labute approximate surface area is 163 Å². The number of amides is 1. The quantitative estimate of drug-likeness (QED) is 0.823. The van der Waals surface area contributed by atoms with Gasteiger partial charge in [0.05, 0.1) is 6.54 Å². The molecule has 1 fully saturated rings. The van der Waals surface area contributed by atoms with Crippen molar-refractivity contribution >= 4 is 11.9 Å². The van der Waals surface area contributed by atoms with Crippen LogP contribution in [0.5, 0.6) is 0 Å². The van der Waals surface area contributed by atoms with Crippen molar-refractivity contribution in [1.82, 2.24) is 9.88 Å². The molecular weight excluding hydrogens is 364 g/mol. The number of carbonyl (C=O) groups is 1. The summed E-state index contributed by atoms with van der Waals surface area (Å²) in [7, 11) is 0. The van der Waals surface area contributed by atoms with Crippen LogP contribution in [0.1, 0.15) is 23.1 Å². The Morgan fingerprint density at radius 1 is 1.21 bits per heavy atom. The summed E-state index contributed by atoms with van der Waals surface area (Å²) in [5, 5.41) is 2.97. The van der Waals surface area contributed by atoms with Crippen LogP contribution >= 0.6 is 0 Å². The minimum Gasteiger partial charge on any atom is -0.445 e. The molecule has 1 aromatic heterocycles. The van der Waals surface area contributed by atoms with Crippen molar-refractivity contribution < 1.29 is 18.3 Å². The van der Waals surface area contributed by atoms with Gasteiger partial charge in [-0.2, -0.15) is 0 Å². The lowest BCUT2D eigenvalue weighted by Crippen LogP contribution is -2.52. The first kappa shape index (κ1) is 20.0. The first-order valence-electron chi connectivity index (χ1n) is 9.35. The number of pyridine rings is 1. The molecule has 0 spiro atoms. The number of aryl methyl sites for hydroxylation is 2. The number of nitrogens with zero attached hydrogens (tertiary/aromatic N) is 2. The average Bonchev–Trinajstić information content (AvgIpc) is 2.67. The fraction of sp³-hybridized carbons (Fsp3) is 0.429. The first-order chi connectivity index (χ1) is 13.3. The van der Waals surface area contributed by atoms with Crippen molar-refractivity contribution in [2.45, 2.75) is 32.8 Å². The molecule has 1 aromatic carbocycles. The van der Waals surface area contributed by atoms with Crippen LogP contribution < -0.4 is 5.32 Å². The fourth-order valence-corrected chi connectivity index (χ4v) is 3.11. The summed E-state index contributed by atoms with van der Waals surface area (Å²) >= 11 is 0. The topological polar surface area (TPSA) is 54.5 Å². The molecule has 2 heterocycles. The largest absolute Gasteiger partial charge is 0.445 e. The van der Waals surface area contributed by atoms with E-state index in [9.17, 15) is 13.6 Å². The van der Waals surface area contributed by atoms with E-state index in [2.05, 4.69) is 10.3 Å². The Morgan fingerprint density at radius 2 is 1.93 bits per heavy atom. The number of halogens is 2. The average molecular weight is 389 g/mol. The molecule has 1 amide bonds. The Kier molecular flexibility index (Phi) is 6.11. The summed E-state index contributed by atoms with van der Waals surface area (Å²) in [6, 6.07) is 11.2. The molecule has 1 unspecified atom stereocenters. The van der Waals surface area contributed by atoms with E-state index in [0.717, 1.165) is 21.6 Å². The number of alkyl halides is 2. The number of anilines is 1. The van der Waals surface area contributed by atoms with Crippen LogP contribution in [0.25, 0.3) is 0 Å². The summed E-state index contributed by atoms with van der Waals surface area (Å²) in [6.07, 6.45) is 1.19. The molecule has 0 saturated carbocycles. The van der Waals surface area contributed by atoms with Crippen LogP contribution in [-0.4, -0.2) is 41.5 Å². The monoisotopic (exact) mass is 389 g/mol. The van der Waals surface area contributed by atoms with Gasteiger partial charge in [-0.25, -0.2) is 18.6 Å². The number of aromatic nitrogens is 1. The van der Waals surface area contributed by atoms with Crippen molar-refractivity contribution in [3.8, 4) is 0 Å². The number of ether oxygens (including phenoxy) is 1. The van der Waals surface area contributed by atoms with Gasteiger partial charge in [0.1, 0.15) is 12.4 Å². The molecule has 28 heavy (non-hydrogen) atoms. The van der Waals surface area contributed by atoms with Crippen LogP contribution in [0, 0.1) is 19.8 Å². The lowest BCUT2D eigenvalue weighted by atomic mass is 9.93. The van der Waals surface area contributed by atoms with Gasteiger partial charge in [-0.3, -0.25) is 0 Å². The molecule has 1 aliphatic rings. The second-order valence-corrected chi connectivity index (χ2v) is 7.31. The van der Waals surface area contributed by atoms with Crippen LogP contribution in [0.4, 0.5) is 19.4 Å². The van der Waals surface area contributed by atoms with Gasteiger partial charge >= 0.3 is 6.09 Å². The minimum absolute atomic E-state index is 0.0747. The second-order valence-electron chi connectivity index (χ2n) is 7.31. The summed E-state index contributed by atoms with van der Waals surface area (Å²) in [6.45, 7) is 3.67. The summed E-state index contributed by atoms with van der Waals surface area (Å²) < 4.78 is 34.3. The molecule has 7 heteroatoms. The highest BCUT2D eigenvalue weighted by atomic mass is 19.3. The molecule has 1 saturated heterocycles. The lowest BCUT2D eigenvalue weighted by molar-refractivity contribution is -0.101. The van der Waals surface area contributed by atoms with Gasteiger partial charge in [0.2, 0.25) is 0 Å². The Balaban J connectivity index is 1.49. The SMILES string of the molecule is Cc1ccc(COC(=O)N2CCC(CNc3ccc(C)cn3)C(F)(F)C2)cc1. The number of rotatable bonds is 5. The highest BCUT2D eigenvalue weighted by Gasteiger charge is 2.46. The number of nitrogens with one attached hydrogen (secondary N) is 1. The highest BCUT2D eigenvalue weighted by molar-refractivity contribution is 5.68. The molecule has 3 rings (SSSR count). The molecule has 0 bridgehead atoms. The number of hydrogen-bond acceptors (Lipinski definition) is 4. The van der Waals surface area contributed by atoms with E-state index in [1.807, 2.05) is 44.2 Å². The zero-order valence-electron chi connectivity index (χ0n) is 16.1.